The van der Waals surface area contributed by atoms with E-state index >= 15 is 0 Å². The molecule has 1 amide bonds. The highest BCUT2D eigenvalue weighted by atomic mass is 16.7. The summed E-state index contributed by atoms with van der Waals surface area (Å²) < 4.78 is 0. The number of carbonyl (C=O) groups excluding carboxylic acids is 2. The maximum Gasteiger partial charge on any atom is 0.415 e. The van der Waals surface area contributed by atoms with Crippen LogP contribution in [0.3, 0.4) is 0 Å². The average molecular weight is 169 g/mol. The molecule has 0 spiro atoms. The normalized spacial score (nSPS) is 28.3. The fraction of sp³-hybridized carbons (Fsp3) is 0.500. The summed E-state index contributed by atoms with van der Waals surface area (Å²) in [5, 5.41) is 0. The van der Waals surface area contributed by atoms with Gasteiger partial charge in [-0.1, -0.05) is 0 Å². The topological polar surface area (TPSA) is 71.0 Å². The number of aliphatic imine (C=N–C) groups is 1. The fourth-order valence-electron chi connectivity index (χ4n) is 1.15. The van der Waals surface area contributed by atoms with Crippen LogP contribution >= 0.6 is 0 Å². The van der Waals surface area contributed by atoms with Gasteiger partial charge < -0.3 is 9.74 Å². The van der Waals surface area contributed by atoms with Crippen molar-refractivity contribution in [3.8, 4) is 0 Å². The van der Waals surface area contributed by atoms with Crippen LogP contribution in [0.5, 0.6) is 0 Å². The van der Waals surface area contributed by atoms with Gasteiger partial charge >= 0.3 is 11.9 Å². The van der Waals surface area contributed by atoms with E-state index in [1.807, 2.05) is 0 Å². The molecule has 0 aromatic heterocycles. The Hall–Kier alpha value is -1.43. The summed E-state index contributed by atoms with van der Waals surface area (Å²) in [6.07, 6.45) is 1.31. The van der Waals surface area contributed by atoms with Gasteiger partial charge in [-0.05, 0) is 0 Å². The molecule has 12 heavy (non-hydrogen) atoms. The maximum absolute atomic E-state index is 11.1. The molecule has 0 aromatic rings. The molecule has 2 rings (SSSR count). The quantitative estimate of drug-likeness (QED) is 0.438. The summed E-state index contributed by atoms with van der Waals surface area (Å²) in [5.74, 6) is -1.47. The van der Waals surface area contributed by atoms with E-state index in [2.05, 4.69) is 15.3 Å². The number of nitrogens with zero attached hydrogens (tertiary/aromatic N) is 2. The molecular formula is C6H7N3O3. The Balaban J connectivity index is 2.20. The van der Waals surface area contributed by atoms with E-state index in [4.69, 9.17) is 0 Å². The van der Waals surface area contributed by atoms with Gasteiger partial charge in [0.1, 0.15) is 6.17 Å². The number of hydroxylamine groups is 1. The van der Waals surface area contributed by atoms with Crippen molar-refractivity contribution in [2.24, 2.45) is 4.99 Å². The third-order valence-corrected chi connectivity index (χ3v) is 1.79. The van der Waals surface area contributed by atoms with Crippen LogP contribution in [0.15, 0.2) is 4.99 Å². The molecule has 1 saturated heterocycles. The second kappa shape index (κ2) is 2.56. The van der Waals surface area contributed by atoms with Gasteiger partial charge in [-0.3, -0.25) is 9.79 Å². The molecule has 64 valence electrons. The van der Waals surface area contributed by atoms with E-state index in [-0.39, 0.29) is 6.17 Å². The minimum atomic E-state index is -0.860. The number of rotatable bonds is 0. The highest BCUT2D eigenvalue weighted by Gasteiger charge is 2.36. The van der Waals surface area contributed by atoms with Crippen LogP contribution in [0.1, 0.15) is 0 Å². The molecule has 2 aliphatic heterocycles. The van der Waals surface area contributed by atoms with Crippen LogP contribution < -0.4 is 5.48 Å². The minimum Gasteiger partial charge on any atom is -0.361 e. The number of hydrogen-bond donors (Lipinski definition) is 1. The predicted molar refractivity (Wildman–Crippen MR) is 38.1 cm³/mol. The van der Waals surface area contributed by atoms with E-state index in [0.29, 0.717) is 13.1 Å². The number of carbonyl (C=O) groups is 2. The van der Waals surface area contributed by atoms with Crippen LogP contribution in [0.4, 0.5) is 0 Å². The first-order chi connectivity index (χ1) is 5.79. The molecule has 1 atom stereocenters. The highest BCUT2D eigenvalue weighted by molar-refractivity contribution is 6.33. The lowest BCUT2D eigenvalue weighted by molar-refractivity contribution is -0.180. The fourth-order valence-corrected chi connectivity index (χ4v) is 1.15. The Morgan fingerprint density at radius 1 is 1.67 bits per heavy atom. The van der Waals surface area contributed by atoms with E-state index in [1.54, 1.807) is 6.21 Å². The van der Waals surface area contributed by atoms with Gasteiger partial charge in [-0.15, -0.1) is 5.48 Å². The Morgan fingerprint density at radius 3 is 3.33 bits per heavy atom. The lowest BCUT2D eigenvalue weighted by atomic mass is 10.3. The zero-order chi connectivity index (χ0) is 8.55. The van der Waals surface area contributed by atoms with Crippen LogP contribution in [0.2, 0.25) is 0 Å². The second-order valence-corrected chi connectivity index (χ2v) is 2.53. The van der Waals surface area contributed by atoms with Crippen molar-refractivity contribution < 1.29 is 14.4 Å². The monoisotopic (exact) mass is 169 g/mol. The Bertz CT molecular complexity index is 263. The summed E-state index contributed by atoms with van der Waals surface area (Å²) in [6, 6.07) is 0. The van der Waals surface area contributed by atoms with Crippen molar-refractivity contribution in [3.63, 3.8) is 0 Å². The Kier molecular flexibility index (Phi) is 1.54. The number of nitrogens with one attached hydrogen (secondary N) is 1. The molecule has 2 heterocycles. The minimum absolute atomic E-state index is 0.291. The van der Waals surface area contributed by atoms with Crippen LogP contribution in [-0.4, -0.2) is 42.2 Å². The molecule has 6 nitrogen and oxygen atoms in total. The molecule has 0 aliphatic carbocycles. The van der Waals surface area contributed by atoms with Crippen molar-refractivity contribution in [2.45, 2.75) is 6.17 Å². The lowest BCUT2D eigenvalue weighted by Gasteiger charge is -2.34. The molecule has 0 saturated carbocycles. The van der Waals surface area contributed by atoms with Gasteiger partial charge in [-0.2, -0.15) is 0 Å². The van der Waals surface area contributed by atoms with E-state index in [9.17, 15) is 9.59 Å². The van der Waals surface area contributed by atoms with E-state index < -0.39 is 11.9 Å². The lowest BCUT2D eigenvalue weighted by Crippen LogP contribution is -2.60. The summed E-state index contributed by atoms with van der Waals surface area (Å²) in [4.78, 5) is 31.6. The van der Waals surface area contributed by atoms with Gasteiger partial charge in [0, 0.05) is 6.21 Å². The molecule has 0 radical (unpaired) electrons. The van der Waals surface area contributed by atoms with Gasteiger partial charge in [0.05, 0.1) is 13.1 Å². The Labute approximate surface area is 68.1 Å². The van der Waals surface area contributed by atoms with Gasteiger partial charge in [0.15, 0.2) is 0 Å². The third-order valence-electron chi connectivity index (χ3n) is 1.79. The van der Waals surface area contributed by atoms with Gasteiger partial charge in [0.25, 0.3) is 0 Å². The first-order valence-electron chi connectivity index (χ1n) is 3.54. The molecule has 0 bridgehead atoms. The van der Waals surface area contributed by atoms with Crippen LogP contribution in [0.25, 0.3) is 0 Å². The summed E-state index contributed by atoms with van der Waals surface area (Å²) in [6.45, 7) is 0.796. The van der Waals surface area contributed by atoms with Crippen molar-refractivity contribution in [1.82, 2.24) is 10.4 Å². The SMILES string of the molecule is O=C1ONC2CN=CCN2C1=O. The first kappa shape index (κ1) is 7.23. The molecule has 2 aliphatic rings. The molecule has 1 unspecified atom stereocenters. The van der Waals surface area contributed by atoms with Gasteiger partial charge in [-0.25, -0.2) is 4.79 Å². The zero-order valence-electron chi connectivity index (χ0n) is 6.19. The van der Waals surface area contributed by atoms with Crippen molar-refractivity contribution in [3.05, 3.63) is 0 Å². The molecular weight excluding hydrogens is 162 g/mol. The molecule has 0 aromatic carbocycles. The molecule has 1 fully saturated rings. The number of fused-ring (bicyclic) bond motifs is 1. The van der Waals surface area contributed by atoms with Gasteiger partial charge in [0.2, 0.25) is 0 Å². The molecule has 1 N–H and O–H groups in total. The average Bonchev–Trinajstić information content (AvgIpc) is 2.12. The smallest absolute Gasteiger partial charge is 0.361 e. The van der Waals surface area contributed by atoms with E-state index in [0.717, 1.165) is 0 Å². The second-order valence-electron chi connectivity index (χ2n) is 2.53. The third kappa shape index (κ3) is 0.964. The first-order valence-corrected chi connectivity index (χ1v) is 3.54. The van der Waals surface area contributed by atoms with Crippen molar-refractivity contribution >= 4 is 18.1 Å². The highest BCUT2D eigenvalue weighted by Crippen LogP contribution is 2.07. The van der Waals surface area contributed by atoms with E-state index in [1.165, 1.54) is 4.90 Å². The largest absolute Gasteiger partial charge is 0.415 e. The summed E-state index contributed by atoms with van der Waals surface area (Å²) in [5.41, 5.74) is 2.44. The predicted octanol–water partition coefficient (Wildman–Crippen LogP) is -1.71. The molecule has 6 heteroatoms. The van der Waals surface area contributed by atoms with Crippen molar-refractivity contribution in [2.75, 3.05) is 13.1 Å². The standard InChI is InChI=1S/C6H7N3O3/c10-5-6(11)12-8-4-3-7-1-2-9(4)5/h1,4,8H,2-3H2. The summed E-state index contributed by atoms with van der Waals surface area (Å²) in [7, 11) is 0. The summed E-state index contributed by atoms with van der Waals surface area (Å²) >= 11 is 0. The van der Waals surface area contributed by atoms with Crippen LogP contribution in [0, 0.1) is 0 Å². The van der Waals surface area contributed by atoms with Crippen molar-refractivity contribution in [1.29, 1.82) is 0 Å². The number of hydrogen-bond acceptors (Lipinski definition) is 5. The van der Waals surface area contributed by atoms with Crippen LogP contribution in [-0.2, 0) is 14.4 Å². The Morgan fingerprint density at radius 2 is 2.50 bits per heavy atom. The maximum atomic E-state index is 11.1. The zero-order valence-corrected chi connectivity index (χ0v) is 6.19. The number of amides is 1.